The molecule has 5 rings (SSSR count). The first-order valence-electron chi connectivity index (χ1n) is 10.4. The molecular weight excluding hydrogens is 358 g/mol. The van der Waals surface area contributed by atoms with Crippen LogP contribution in [0.1, 0.15) is 36.6 Å². The van der Waals surface area contributed by atoms with E-state index >= 15 is 0 Å². The summed E-state index contributed by atoms with van der Waals surface area (Å²) in [5, 5.41) is 0. The monoisotopic (exact) mass is 385 g/mol. The smallest absolute Gasteiger partial charge is 0.163 e. The van der Waals surface area contributed by atoms with Gasteiger partial charge in [0.2, 0.25) is 0 Å². The number of benzene rings is 3. The molecule has 0 amide bonds. The molecule has 2 aliphatic heterocycles. The molecule has 3 heteroatoms. The maximum atomic E-state index is 6.48. The fourth-order valence-electron chi connectivity index (χ4n) is 4.59. The standard InChI is InChI=1S/C26H27NO2/c1-26(2)28-18-24(25(29-26)19-10-4-3-5-11-19)27-16-20-12-6-8-14-22(20)23-15-9-7-13-21(23)17-27/h3-15,24-25H,16-18H2,1-2H3/t24?,25-/m0/s1. The number of nitrogens with zero attached hydrogens (tertiary/aromatic N) is 1. The second kappa shape index (κ2) is 7.42. The summed E-state index contributed by atoms with van der Waals surface area (Å²) in [7, 11) is 0. The third-order valence-electron chi connectivity index (χ3n) is 6.03. The van der Waals surface area contributed by atoms with E-state index in [1.54, 1.807) is 0 Å². The Morgan fingerprint density at radius 3 is 1.93 bits per heavy atom. The number of ether oxygens (including phenoxy) is 2. The summed E-state index contributed by atoms with van der Waals surface area (Å²) >= 11 is 0. The van der Waals surface area contributed by atoms with Crippen molar-refractivity contribution in [1.29, 1.82) is 0 Å². The third-order valence-corrected chi connectivity index (χ3v) is 6.03. The van der Waals surface area contributed by atoms with E-state index in [9.17, 15) is 0 Å². The van der Waals surface area contributed by atoms with Crippen LogP contribution in [-0.2, 0) is 22.6 Å². The molecule has 0 aliphatic carbocycles. The average Bonchev–Trinajstić information content (AvgIpc) is 2.90. The minimum Gasteiger partial charge on any atom is -0.349 e. The van der Waals surface area contributed by atoms with Crippen LogP contribution in [0.4, 0.5) is 0 Å². The van der Waals surface area contributed by atoms with Crippen molar-refractivity contribution in [1.82, 2.24) is 4.90 Å². The van der Waals surface area contributed by atoms with E-state index in [4.69, 9.17) is 9.47 Å². The molecule has 1 fully saturated rings. The normalized spacial score (nSPS) is 23.7. The van der Waals surface area contributed by atoms with Gasteiger partial charge in [0.15, 0.2) is 5.79 Å². The van der Waals surface area contributed by atoms with Gasteiger partial charge in [-0.2, -0.15) is 0 Å². The van der Waals surface area contributed by atoms with Gasteiger partial charge in [-0.05, 0) is 41.7 Å². The quantitative estimate of drug-likeness (QED) is 0.576. The van der Waals surface area contributed by atoms with E-state index < -0.39 is 5.79 Å². The molecule has 0 radical (unpaired) electrons. The number of hydrogen-bond donors (Lipinski definition) is 0. The highest BCUT2D eigenvalue weighted by Gasteiger charge is 2.41. The summed E-state index contributed by atoms with van der Waals surface area (Å²) in [5.41, 5.74) is 6.59. The lowest BCUT2D eigenvalue weighted by Crippen LogP contribution is -2.51. The van der Waals surface area contributed by atoms with Crippen LogP contribution < -0.4 is 0 Å². The predicted molar refractivity (Wildman–Crippen MR) is 115 cm³/mol. The number of rotatable bonds is 2. The lowest BCUT2D eigenvalue weighted by Gasteiger charge is -2.45. The van der Waals surface area contributed by atoms with E-state index in [1.807, 2.05) is 13.8 Å². The maximum Gasteiger partial charge on any atom is 0.163 e. The van der Waals surface area contributed by atoms with E-state index in [0.29, 0.717) is 6.61 Å². The fraction of sp³-hybridized carbons (Fsp3) is 0.308. The van der Waals surface area contributed by atoms with Crippen LogP contribution in [0.2, 0.25) is 0 Å². The van der Waals surface area contributed by atoms with Crippen molar-refractivity contribution in [2.75, 3.05) is 6.61 Å². The first kappa shape index (κ1) is 18.6. The SMILES string of the molecule is CC1(C)OCC(N2Cc3ccccc3-c3ccccc3C2)[C@H](c2ccccc2)O1. The van der Waals surface area contributed by atoms with Crippen LogP contribution in [0, 0.1) is 0 Å². The molecule has 0 spiro atoms. The van der Waals surface area contributed by atoms with Gasteiger partial charge in [0.1, 0.15) is 6.10 Å². The van der Waals surface area contributed by atoms with Crippen molar-refractivity contribution < 1.29 is 9.47 Å². The van der Waals surface area contributed by atoms with Crippen LogP contribution in [0.15, 0.2) is 78.9 Å². The molecule has 148 valence electrons. The first-order chi connectivity index (χ1) is 14.1. The predicted octanol–water partition coefficient (Wildman–Crippen LogP) is 5.56. The Hall–Kier alpha value is -2.46. The molecular formula is C26H27NO2. The van der Waals surface area contributed by atoms with Crippen LogP contribution in [0.3, 0.4) is 0 Å². The Balaban J connectivity index is 1.56. The van der Waals surface area contributed by atoms with Crippen molar-refractivity contribution in [3.63, 3.8) is 0 Å². The van der Waals surface area contributed by atoms with Crippen LogP contribution in [0.25, 0.3) is 11.1 Å². The first-order valence-corrected chi connectivity index (χ1v) is 10.4. The van der Waals surface area contributed by atoms with E-state index in [0.717, 1.165) is 13.1 Å². The molecule has 29 heavy (non-hydrogen) atoms. The summed E-state index contributed by atoms with van der Waals surface area (Å²) in [4.78, 5) is 2.53. The van der Waals surface area contributed by atoms with E-state index in [-0.39, 0.29) is 12.1 Å². The zero-order valence-electron chi connectivity index (χ0n) is 17.0. The van der Waals surface area contributed by atoms with Gasteiger partial charge in [-0.25, -0.2) is 0 Å². The van der Waals surface area contributed by atoms with E-state index in [2.05, 4.69) is 83.8 Å². The second-order valence-corrected chi connectivity index (χ2v) is 8.45. The summed E-state index contributed by atoms with van der Waals surface area (Å²) in [6.45, 7) is 6.42. The summed E-state index contributed by atoms with van der Waals surface area (Å²) in [6.07, 6.45) is -0.0302. The van der Waals surface area contributed by atoms with Crippen LogP contribution in [0.5, 0.6) is 0 Å². The van der Waals surface area contributed by atoms with Gasteiger partial charge in [-0.1, -0.05) is 78.9 Å². The minimum absolute atomic E-state index is 0.0302. The van der Waals surface area contributed by atoms with Crippen LogP contribution >= 0.6 is 0 Å². The molecule has 0 saturated carbocycles. The summed E-state index contributed by atoms with van der Waals surface area (Å²) < 4.78 is 12.6. The zero-order chi connectivity index (χ0) is 19.8. The second-order valence-electron chi connectivity index (χ2n) is 8.45. The largest absolute Gasteiger partial charge is 0.349 e. The zero-order valence-corrected chi connectivity index (χ0v) is 17.0. The summed E-state index contributed by atoms with van der Waals surface area (Å²) in [5.74, 6) is -0.585. The highest BCUT2D eigenvalue weighted by molar-refractivity contribution is 5.71. The molecule has 1 saturated heterocycles. The van der Waals surface area contributed by atoms with Crippen molar-refractivity contribution >= 4 is 0 Å². The summed E-state index contributed by atoms with van der Waals surface area (Å²) in [6, 6.07) is 28.2. The van der Waals surface area contributed by atoms with Gasteiger partial charge in [0, 0.05) is 13.1 Å². The van der Waals surface area contributed by atoms with Crippen molar-refractivity contribution in [2.45, 2.75) is 44.9 Å². The Kier molecular flexibility index (Phi) is 4.75. The fourth-order valence-corrected chi connectivity index (χ4v) is 4.59. The molecule has 0 bridgehead atoms. The molecule has 2 atom stereocenters. The molecule has 0 N–H and O–H groups in total. The average molecular weight is 386 g/mol. The molecule has 0 aromatic heterocycles. The van der Waals surface area contributed by atoms with Crippen molar-refractivity contribution in [2.24, 2.45) is 0 Å². The van der Waals surface area contributed by atoms with Crippen molar-refractivity contribution in [3.8, 4) is 11.1 Å². The molecule has 3 aromatic rings. The lowest BCUT2D eigenvalue weighted by molar-refractivity contribution is -0.298. The Morgan fingerprint density at radius 2 is 1.31 bits per heavy atom. The van der Waals surface area contributed by atoms with E-state index in [1.165, 1.54) is 27.8 Å². The number of fused-ring (bicyclic) bond motifs is 3. The minimum atomic E-state index is -0.585. The number of hydrogen-bond acceptors (Lipinski definition) is 3. The maximum absolute atomic E-state index is 6.48. The Labute approximate surface area is 172 Å². The van der Waals surface area contributed by atoms with Gasteiger partial charge in [0.25, 0.3) is 0 Å². The van der Waals surface area contributed by atoms with Crippen LogP contribution in [-0.4, -0.2) is 23.3 Å². The van der Waals surface area contributed by atoms with Gasteiger partial charge in [-0.15, -0.1) is 0 Å². The van der Waals surface area contributed by atoms with Gasteiger partial charge in [0.05, 0.1) is 12.6 Å². The highest BCUT2D eigenvalue weighted by atomic mass is 16.7. The Bertz CT molecular complexity index is 951. The molecule has 3 aromatic carbocycles. The Morgan fingerprint density at radius 1 is 0.759 bits per heavy atom. The lowest BCUT2D eigenvalue weighted by atomic mass is 9.97. The van der Waals surface area contributed by atoms with Gasteiger partial charge >= 0.3 is 0 Å². The van der Waals surface area contributed by atoms with Crippen molar-refractivity contribution in [3.05, 3.63) is 95.6 Å². The topological polar surface area (TPSA) is 21.7 Å². The molecule has 1 unspecified atom stereocenters. The molecule has 2 heterocycles. The molecule has 3 nitrogen and oxygen atoms in total. The molecule has 2 aliphatic rings. The third kappa shape index (κ3) is 3.62. The highest BCUT2D eigenvalue weighted by Crippen LogP contribution is 2.39. The van der Waals surface area contributed by atoms with Gasteiger partial charge in [-0.3, -0.25) is 4.90 Å². The van der Waals surface area contributed by atoms with Gasteiger partial charge < -0.3 is 9.47 Å².